The molecule has 3 rings (SSSR count). The van der Waals surface area contributed by atoms with Gasteiger partial charge in [-0.15, -0.1) is 0 Å². The third-order valence-electron chi connectivity index (χ3n) is 3.18. The number of nitrogens with zero attached hydrogens (tertiary/aromatic N) is 2. The summed E-state index contributed by atoms with van der Waals surface area (Å²) in [6, 6.07) is 21.0. The van der Waals surface area contributed by atoms with Crippen molar-refractivity contribution in [3.8, 4) is 11.3 Å². The van der Waals surface area contributed by atoms with Crippen LogP contribution in [0.25, 0.3) is 11.3 Å². The summed E-state index contributed by atoms with van der Waals surface area (Å²) in [5.74, 6) is 0. The molecule has 104 valence electrons. The lowest BCUT2D eigenvalue weighted by atomic mass is 10.1. The van der Waals surface area contributed by atoms with Gasteiger partial charge in [0.1, 0.15) is 0 Å². The van der Waals surface area contributed by atoms with Crippen LogP contribution in [0.4, 0.5) is 0 Å². The predicted octanol–water partition coefficient (Wildman–Crippen LogP) is 3.72. The summed E-state index contributed by atoms with van der Waals surface area (Å²) in [7, 11) is 0. The van der Waals surface area contributed by atoms with E-state index in [0.717, 1.165) is 21.3 Å². The second-order valence-electron chi connectivity index (χ2n) is 4.71. The van der Waals surface area contributed by atoms with Crippen LogP contribution in [0.15, 0.2) is 76.0 Å². The van der Waals surface area contributed by atoms with Crippen molar-refractivity contribution in [2.24, 2.45) is 0 Å². The van der Waals surface area contributed by atoms with E-state index in [2.05, 4.69) is 21.0 Å². The van der Waals surface area contributed by atoms with E-state index >= 15 is 0 Å². The monoisotopic (exact) mass is 340 g/mol. The van der Waals surface area contributed by atoms with E-state index < -0.39 is 0 Å². The van der Waals surface area contributed by atoms with Crippen LogP contribution in [0.3, 0.4) is 0 Å². The fraction of sp³-hybridized carbons (Fsp3) is 0.0588. The molecule has 0 N–H and O–H groups in total. The molecule has 3 aromatic rings. The lowest BCUT2D eigenvalue weighted by molar-refractivity contribution is 0.642. The summed E-state index contributed by atoms with van der Waals surface area (Å²) in [5, 5.41) is 4.45. The zero-order valence-corrected chi connectivity index (χ0v) is 12.8. The second-order valence-corrected chi connectivity index (χ2v) is 5.62. The Hall–Kier alpha value is -2.20. The molecular formula is C17H13BrN2O. The summed E-state index contributed by atoms with van der Waals surface area (Å²) in [4.78, 5) is 12.0. The van der Waals surface area contributed by atoms with Crippen LogP contribution in [0.2, 0.25) is 0 Å². The number of benzene rings is 2. The minimum atomic E-state index is -0.0994. The van der Waals surface area contributed by atoms with Crippen molar-refractivity contribution in [3.05, 3.63) is 87.1 Å². The minimum absolute atomic E-state index is 0.0994. The molecule has 0 fully saturated rings. The highest BCUT2D eigenvalue weighted by molar-refractivity contribution is 9.10. The molecule has 0 aliphatic carbocycles. The lowest BCUT2D eigenvalue weighted by Crippen LogP contribution is -2.22. The molecule has 0 aliphatic rings. The first-order valence-electron chi connectivity index (χ1n) is 6.60. The Kier molecular flexibility index (Phi) is 3.97. The van der Waals surface area contributed by atoms with Gasteiger partial charge in [0.05, 0.1) is 12.2 Å². The molecule has 4 heteroatoms. The summed E-state index contributed by atoms with van der Waals surface area (Å²) >= 11 is 3.40. The molecule has 0 saturated carbocycles. The average Bonchev–Trinajstić information content (AvgIpc) is 2.52. The highest BCUT2D eigenvalue weighted by atomic mass is 79.9. The number of rotatable bonds is 3. The lowest BCUT2D eigenvalue weighted by Gasteiger charge is -2.07. The third-order valence-corrected chi connectivity index (χ3v) is 3.71. The Morgan fingerprint density at radius 2 is 1.62 bits per heavy atom. The van der Waals surface area contributed by atoms with Gasteiger partial charge in [0.25, 0.3) is 5.56 Å². The van der Waals surface area contributed by atoms with Crippen molar-refractivity contribution in [1.82, 2.24) is 9.78 Å². The van der Waals surface area contributed by atoms with E-state index in [-0.39, 0.29) is 5.56 Å². The Balaban J connectivity index is 1.95. The summed E-state index contributed by atoms with van der Waals surface area (Å²) < 4.78 is 2.51. The SMILES string of the molecule is O=c1ccc(-c2ccccc2)nn1Cc1ccc(Br)cc1. The smallest absolute Gasteiger partial charge is 0.267 e. The number of aromatic nitrogens is 2. The van der Waals surface area contributed by atoms with Crippen molar-refractivity contribution in [2.75, 3.05) is 0 Å². The first-order valence-corrected chi connectivity index (χ1v) is 7.40. The molecule has 1 heterocycles. The van der Waals surface area contributed by atoms with Crippen LogP contribution >= 0.6 is 15.9 Å². The molecule has 0 radical (unpaired) electrons. The van der Waals surface area contributed by atoms with Crippen molar-refractivity contribution >= 4 is 15.9 Å². The van der Waals surface area contributed by atoms with Gasteiger partial charge in [0.15, 0.2) is 0 Å². The molecule has 3 nitrogen and oxygen atoms in total. The quantitative estimate of drug-likeness (QED) is 0.728. The maximum absolute atomic E-state index is 12.0. The average molecular weight is 341 g/mol. The molecule has 0 unspecified atom stereocenters. The first-order chi connectivity index (χ1) is 10.2. The van der Waals surface area contributed by atoms with Gasteiger partial charge >= 0.3 is 0 Å². The van der Waals surface area contributed by atoms with E-state index in [9.17, 15) is 4.79 Å². The molecule has 0 saturated heterocycles. The summed E-state index contributed by atoms with van der Waals surface area (Å²) in [6.07, 6.45) is 0. The van der Waals surface area contributed by atoms with E-state index in [1.165, 1.54) is 4.68 Å². The zero-order chi connectivity index (χ0) is 14.7. The topological polar surface area (TPSA) is 34.9 Å². The maximum atomic E-state index is 12.0. The van der Waals surface area contributed by atoms with Gasteiger partial charge in [-0.25, -0.2) is 4.68 Å². The molecule has 0 amide bonds. The highest BCUT2D eigenvalue weighted by Crippen LogP contribution is 2.15. The highest BCUT2D eigenvalue weighted by Gasteiger charge is 2.04. The molecule has 0 aliphatic heterocycles. The van der Waals surface area contributed by atoms with Crippen molar-refractivity contribution in [3.63, 3.8) is 0 Å². The predicted molar refractivity (Wildman–Crippen MR) is 87.2 cm³/mol. The van der Waals surface area contributed by atoms with Crippen LogP contribution < -0.4 is 5.56 Å². The van der Waals surface area contributed by atoms with Crippen molar-refractivity contribution < 1.29 is 0 Å². The molecule has 2 aromatic carbocycles. The Bertz CT molecular complexity index is 795. The molecule has 0 bridgehead atoms. The normalized spacial score (nSPS) is 10.5. The van der Waals surface area contributed by atoms with Crippen LogP contribution in [0.5, 0.6) is 0 Å². The van der Waals surface area contributed by atoms with Gasteiger partial charge < -0.3 is 0 Å². The molecular weight excluding hydrogens is 328 g/mol. The van der Waals surface area contributed by atoms with Gasteiger partial charge in [-0.1, -0.05) is 58.4 Å². The van der Waals surface area contributed by atoms with Gasteiger partial charge in [-0.05, 0) is 23.8 Å². The maximum Gasteiger partial charge on any atom is 0.267 e. The van der Waals surface area contributed by atoms with Crippen LogP contribution in [-0.4, -0.2) is 9.78 Å². The molecule has 1 aromatic heterocycles. The van der Waals surface area contributed by atoms with Crippen molar-refractivity contribution in [2.45, 2.75) is 6.54 Å². The van der Waals surface area contributed by atoms with Gasteiger partial charge in [0, 0.05) is 16.1 Å². The number of hydrogen-bond donors (Lipinski definition) is 0. The third kappa shape index (κ3) is 3.28. The molecule has 0 atom stereocenters. The molecule has 0 spiro atoms. The Morgan fingerprint density at radius 3 is 2.33 bits per heavy atom. The molecule has 21 heavy (non-hydrogen) atoms. The summed E-state index contributed by atoms with van der Waals surface area (Å²) in [6.45, 7) is 0.465. The van der Waals surface area contributed by atoms with E-state index in [1.54, 1.807) is 12.1 Å². The van der Waals surface area contributed by atoms with Crippen LogP contribution in [0, 0.1) is 0 Å². The van der Waals surface area contributed by atoms with Gasteiger partial charge in [0.2, 0.25) is 0 Å². The van der Waals surface area contributed by atoms with E-state index in [4.69, 9.17) is 0 Å². The van der Waals surface area contributed by atoms with Crippen LogP contribution in [-0.2, 0) is 6.54 Å². The first kappa shape index (κ1) is 13.8. The zero-order valence-electron chi connectivity index (χ0n) is 11.2. The Morgan fingerprint density at radius 1 is 0.905 bits per heavy atom. The van der Waals surface area contributed by atoms with Gasteiger partial charge in [-0.2, -0.15) is 5.10 Å². The largest absolute Gasteiger partial charge is 0.268 e. The van der Waals surface area contributed by atoms with E-state index in [1.807, 2.05) is 54.6 Å². The number of hydrogen-bond acceptors (Lipinski definition) is 2. The van der Waals surface area contributed by atoms with Gasteiger partial charge in [-0.3, -0.25) is 4.79 Å². The van der Waals surface area contributed by atoms with Crippen molar-refractivity contribution in [1.29, 1.82) is 0 Å². The standard InChI is InChI=1S/C17H13BrN2O/c18-15-8-6-13(7-9-15)12-20-17(21)11-10-16(19-20)14-4-2-1-3-5-14/h1-11H,12H2. The fourth-order valence-corrected chi connectivity index (χ4v) is 2.35. The second kappa shape index (κ2) is 6.06. The minimum Gasteiger partial charge on any atom is -0.268 e. The number of halogens is 1. The fourth-order valence-electron chi connectivity index (χ4n) is 2.09. The van der Waals surface area contributed by atoms with Crippen LogP contribution in [0.1, 0.15) is 5.56 Å². The Labute approximate surface area is 131 Å². The van der Waals surface area contributed by atoms with E-state index in [0.29, 0.717) is 6.54 Å². The summed E-state index contributed by atoms with van der Waals surface area (Å²) in [5.41, 5.74) is 2.74.